The molecule has 0 unspecified atom stereocenters. The van der Waals surface area contributed by atoms with E-state index in [-0.39, 0.29) is 12.5 Å². The van der Waals surface area contributed by atoms with Gasteiger partial charge in [0.25, 0.3) is 0 Å². The van der Waals surface area contributed by atoms with Gasteiger partial charge in [0.15, 0.2) is 0 Å². The molecule has 0 aliphatic carbocycles. The molecule has 1 aromatic heterocycles. The molecule has 2 rings (SSSR count). The van der Waals surface area contributed by atoms with E-state index in [4.69, 9.17) is 5.11 Å². The number of para-hydroxylation sites is 1. The van der Waals surface area contributed by atoms with Crippen LogP contribution in [0.1, 0.15) is 35.4 Å². The third-order valence-electron chi connectivity index (χ3n) is 4.37. The second-order valence-electron chi connectivity index (χ2n) is 6.43. The van der Waals surface area contributed by atoms with Gasteiger partial charge in [0, 0.05) is 31.3 Å². The molecule has 0 spiro atoms. The number of aliphatic carboxylic acids is 1. The van der Waals surface area contributed by atoms with Crippen LogP contribution >= 0.6 is 0 Å². The van der Waals surface area contributed by atoms with Gasteiger partial charge in [0.05, 0.1) is 17.9 Å². The lowest BCUT2D eigenvalue weighted by atomic mass is 10.1. The highest BCUT2D eigenvalue weighted by Crippen LogP contribution is 2.21. The number of hydrogen-bond acceptors (Lipinski definition) is 3. The van der Waals surface area contributed by atoms with Crippen molar-refractivity contribution in [3.05, 3.63) is 46.8 Å². The average Bonchev–Trinajstić information content (AvgIpc) is 2.86. The van der Waals surface area contributed by atoms with Gasteiger partial charge in [-0.3, -0.25) is 4.79 Å². The summed E-state index contributed by atoms with van der Waals surface area (Å²) in [5, 5.41) is 16.0. The molecule has 26 heavy (non-hydrogen) atoms. The van der Waals surface area contributed by atoms with Crippen LogP contribution in [0.5, 0.6) is 0 Å². The van der Waals surface area contributed by atoms with Gasteiger partial charge in [-0.1, -0.05) is 18.2 Å². The summed E-state index contributed by atoms with van der Waals surface area (Å²) >= 11 is 0. The molecule has 0 atom stereocenters. The first-order valence-electron chi connectivity index (χ1n) is 8.63. The Morgan fingerprint density at radius 2 is 1.92 bits per heavy atom. The van der Waals surface area contributed by atoms with Crippen LogP contribution in [0.15, 0.2) is 24.3 Å². The molecule has 0 fully saturated rings. The predicted octanol–water partition coefficient (Wildman–Crippen LogP) is 2.80. The van der Waals surface area contributed by atoms with Crippen molar-refractivity contribution in [2.75, 3.05) is 13.6 Å². The Labute approximate surface area is 153 Å². The van der Waals surface area contributed by atoms with E-state index in [0.29, 0.717) is 19.5 Å². The topological polar surface area (TPSA) is 87.5 Å². The Kier molecular flexibility index (Phi) is 6.38. The third-order valence-corrected chi connectivity index (χ3v) is 4.37. The molecular formula is C19H26N4O3. The van der Waals surface area contributed by atoms with Crippen LogP contribution < -0.4 is 5.32 Å². The fourth-order valence-electron chi connectivity index (χ4n) is 2.82. The fourth-order valence-corrected chi connectivity index (χ4v) is 2.82. The van der Waals surface area contributed by atoms with Crippen LogP contribution in [0, 0.1) is 20.8 Å². The highest BCUT2D eigenvalue weighted by molar-refractivity contribution is 5.74. The molecule has 0 radical (unpaired) electrons. The van der Waals surface area contributed by atoms with Gasteiger partial charge in [-0.15, -0.1) is 0 Å². The lowest BCUT2D eigenvalue weighted by Gasteiger charge is -2.18. The normalized spacial score (nSPS) is 10.6. The van der Waals surface area contributed by atoms with Gasteiger partial charge >= 0.3 is 12.0 Å². The molecule has 0 aliphatic heterocycles. The molecule has 0 bridgehead atoms. The van der Waals surface area contributed by atoms with Crippen molar-refractivity contribution < 1.29 is 14.7 Å². The number of urea groups is 1. The number of rotatable bonds is 7. The highest BCUT2D eigenvalue weighted by Gasteiger charge is 2.17. The smallest absolute Gasteiger partial charge is 0.317 e. The number of hydrogen-bond donors (Lipinski definition) is 2. The molecule has 140 valence electrons. The van der Waals surface area contributed by atoms with Crippen LogP contribution in [-0.4, -0.2) is 45.4 Å². The number of nitrogens with zero attached hydrogens (tertiary/aromatic N) is 3. The molecule has 1 heterocycles. The van der Waals surface area contributed by atoms with E-state index in [9.17, 15) is 9.59 Å². The maximum absolute atomic E-state index is 12.2. The number of aromatic nitrogens is 2. The number of carboxylic acid groups (broad SMARTS) is 1. The van der Waals surface area contributed by atoms with E-state index < -0.39 is 5.97 Å². The van der Waals surface area contributed by atoms with Gasteiger partial charge in [-0.05, 0) is 38.8 Å². The number of benzene rings is 1. The molecule has 1 aromatic carbocycles. The number of carbonyl (C=O) groups is 2. The van der Waals surface area contributed by atoms with Crippen molar-refractivity contribution in [3.8, 4) is 5.69 Å². The zero-order valence-corrected chi connectivity index (χ0v) is 15.7. The number of carbonyl (C=O) groups excluding carboxylic acids is 1. The lowest BCUT2D eigenvalue weighted by Crippen LogP contribution is -2.37. The summed E-state index contributed by atoms with van der Waals surface area (Å²) in [7, 11) is 1.72. The second kappa shape index (κ2) is 8.51. The number of amides is 2. The van der Waals surface area contributed by atoms with Gasteiger partial charge in [-0.2, -0.15) is 5.10 Å². The Balaban J connectivity index is 2.07. The first-order chi connectivity index (χ1) is 12.3. The van der Waals surface area contributed by atoms with E-state index in [1.54, 1.807) is 11.9 Å². The van der Waals surface area contributed by atoms with Gasteiger partial charge in [0.1, 0.15) is 0 Å². The van der Waals surface area contributed by atoms with Gasteiger partial charge < -0.3 is 15.3 Å². The minimum atomic E-state index is -0.859. The highest BCUT2D eigenvalue weighted by atomic mass is 16.4. The van der Waals surface area contributed by atoms with Gasteiger partial charge in [-0.25, -0.2) is 9.48 Å². The van der Waals surface area contributed by atoms with E-state index in [1.807, 2.05) is 49.7 Å². The maximum atomic E-state index is 12.2. The fraction of sp³-hybridized carbons (Fsp3) is 0.421. The minimum Gasteiger partial charge on any atom is -0.481 e. The van der Waals surface area contributed by atoms with E-state index >= 15 is 0 Å². The number of aryl methyl sites for hydroxylation is 2. The molecule has 0 aliphatic rings. The molecule has 2 amide bonds. The Bertz CT molecular complexity index is 798. The number of nitrogens with one attached hydrogen (secondary N) is 1. The molecule has 0 saturated heterocycles. The van der Waals surface area contributed by atoms with Crippen molar-refractivity contribution in [2.24, 2.45) is 0 Å². The Hall–Kier alpha value is -2.83. The average molecular weight is 358 g/mol. The zero-order chi connectivity index (χ0) is 19.3. The van der Waals surface area contributed by atoms with Crippen molar-refractivity contribution in [1.82, 2.24) is 20.0 Å². The monoisotopic (exact) mass is 358 g/mol. The van der Waals surface area contributed by atoms with Crippen molar-refractivity contribution in [3.63, 3.8) is 0 Å². The predicted molar refractivity (Wildman–Crippen MR) is 99.5 cm³/mol. The first-order valence-corrected chi connectivity index (χ1v) is 8.63. The molecule has 7 heteroatoms. The largest absolute Gasteiger partial charge is 0.481 e. The quantitative estimate of drug-likeness (QED) is 0.745. The van der Waals surface area contributed by atoms with Crippen molar-refractivity contribution in [1.29, 1.82) is 0 Å². The SMILES string of the molecule is Cc1ccccc1-n1nc(C)c(CN(C)C(=O)NCCCC(=O)O)c1C. The first kappa shape index (κ1) is 19.5. The lowest BCUT2D eigenvalue weighted by molar-refractivity contribution is -0.137. The van der Waals surface area contributed by atoms with E-state index in [0.717, 1.165) is 28.2 Å². The van der Waals surface area contributed by atoms with Crippen molar-refractivity contribution >= 4 is 12.0 Å². The molecular weight excluding hydrogens is 332 g/mol. The second-order valence-corrected chi connectivity index (χ2v) is 6.43. The van der Waals surface area contributed by atoms with Gasteiger partial charge in [0.2, 0.25) is 0 Å². The Morgan fingerprint density at radius 1 is 1.23 bits per heavy atom. The summed E-state index contributed by atoms with van der Waals surface area (Å²) < 4.78 is 1.92. The van der Waals surface area contributed by atoms with Crippen LogP contribution in [0.25, 0.3) is 5.69 Å². The molecule has 2 N–H and O–H groups in total. The van der Waals surface area contributed by atoms with E-state index in [2.05, 4.69) is 10.4 Å². The third kappa shape index (κ3) is 4.62. The molecule has 0 saturated carbocycles. The van der Waals surface area contributed by atoms with Crippen LogP contribution in [0.3, 0.4) is 0 Å². The van der Waals surface area contributed by atoms with Crippen molar-refractivity contribution in [2.45, 2.75) is 40.2 Å². The summed E-state index contributed by atoms with van der Waals surface area (Å²) in [6.45, 7) is 6.77. The molecule has 2 aromatic rings. The summed E-state index contributed by atoms with van der Waals surface area (Å²) in [5.41, 5.74) is 5.06. The number of carboxylic acids is 1. The summed E-state index contributed by atoms with van der Waals surface area (Å²) in [6.07, 6.45) is 0.462. The maximum Gasteiger partial charge on any atom is 0.317 e. The minimum absolute atomic E-state index is 0.0470. The van der Waals surface area contributed by atoms with Crippen LogP contribution in [-0.2, 0) is 11.3 Å². The standard InChI is InChI=1S/C19H26N4O3/c1-13-8-5-6-9-17(13)23-15(3)16(14(2)21-23)12-22(4)19(26)20-11-7-10-18(24)25/h5-6,8-9H,7,10-12H2,1-4H3,(H,20,26)(H,24,25). The molecule has 7 nitrogen and oxygen atoms in total. The van der Waals surface area contributed by atoms with Crippen LogP contribution in [0.2, 0.25) is 0 Å². The van der Waals surface area contributed by atoms with E-state index in [1.165, 1.54) is 0 Å². The van der Waals surface area contributed by atoms with Crippen LogP contribution in [0.4, 0.5) is 4.79 Å². The summed E-state index contributed by atoms with van der Waals surface area (Å²) in [4.78, 5) is 24.3. The zero-order valence-electron chi connectivity index (χ0n) is 15.7. The summed E-state index contributed by atoms with van der Waals surface area (Å²) in [6, 6.07) is 7.82. The Morgan fingerprint density at radius 3 is 2.58 bits per heavy atom. The summed E-state index contributed by atoms with van der Waals surface area (Å²) in [5.74, 6) is -0.859.